The van der Waals surface area contributed by atoms with Crippen molar-refractivity contribution in [3.8, 4) is 0 Å². The largest absolute Gasteiger partial charge is 0.369 e. The number of rotatable bonds is 1. The number of epoxide rings is 1. The Balaban J connectivity index is 1.78. The highest BCUT2D eigenvalue weighted by atomic mass is 16.6. The van der Waals surface area contributed by atoms with Gasteiger partial charge in [-0.15, -0.1) is 0 Å². The summed E-state index contributed by atoms with van der Waals surface area (Å²) >= 11 is 0. The minimum atomic E-state index is 0.663. The second-order valence-electron chi connectivity index (χ2n) is 4.39. The Labute approximate surface area is 67.1 Å². The second-order valence-corrected chi connectivity index (χ2v) is 4.39. The third kappa shape index (κ3) is 0.798. The molecule has 3 aliphatic rings. The maximum absolute atomic E-state index is 5.67. The first-order valence-corrected chi connectivity index (χ1v) is 4.74. The summed E-state index contributed by atoms with van der Waals surface area (Å²) in [6.45, 7) is 0.895. The summed E-state index contributed by atoms with van der Waals surface area (Å²) in [5.74, 6) is 2.58. The van der Waals surface area contributed by atoms with Gasteiger partial charge < -0.3 is 10.5 Å². The Morgan fingerprint density at radius 3 is 2.27 bits per heavy atom. The van der Waals surface area contributed by atoms with Crippen LogP contribution in [0.1, 0.15) is 19.3 Å². The van der Waals surface area contributed by atoms with Gasteiger partial charge in [-0.25, -0.2) is 0 Å². The van der Waals surface area contributed by atoms with Crippen LogP contribution in [0.2, 0.25) is 0 Å². The fourth-order valence-corrected chi connectivity index (χ4v) is 3.16. The van der Waals surface area contributed by atoms with Gasteiger partial charge in [-0.05, 0) is 43.6 Å². The molecule has 0 aromatic carbocycles. The molecule has 3 rings (SSSR count). The highest BCUT2D eigenvalue weighted by Crippen LogP contribution is 2.55. The van der Waals surface area contributed by atoms with Crippen LogP contribution >= 0.6 is 0 Å². The van der Waals surface area contributed by atoms with Crippen molar-refractivity contribution in [2.24, 2.45) is 23.5 Å². The molecular formula is C9H15NO. The molecule has 62 valence electrons. The summed E-state index contributed by atoms with van der Waals surface area (Å²) < 4.78 is 5.57. The lowest BCUT2D eigenvalue weighted by molar-refractivity contribution is 0.136. The molecule has 2 nitrogen and oxygen atoms in total. The zero-order valence-electron chi connectivity index (χ0n) is 6.70. The molecule has 2 heteroatoms. The van der Waals surface area contributed by atoms with Crippen LogP contribution in [-0.2, 0) is 4.74 Å². The van der Waals surface area contributed by atoms with Crippen molar-refractivity contribution >= 4 is 0 Å². The van der Waals surface area contributed by atoms with E-state index in [1.54, 1.807) is 0 Å². The van der Waals surface area contributed by atoms with Crippen LogP contribution in [0.3, 0.4) is 0 Å². The first-order chi connectivity index (χ1) is 5.38. The highest BCUT2D eigenvalue weighted by molar-refractivity contribution is 5.06. The molecule has 2 N–H and O–H groups in total. The highest BCUT2D eigenvalue weighted by Gasteiger charge is 2.58. The predicted molar refractivity (Wildman–Crippen MR) is 42.0 cm³/mol. The lowest BCUT2D eigenvalue weighted by atomic mass is 9.80. The fraction of sp³-hybridized carbons (Fsp3) is 1.00. The van der Waals surface area contributed by atoms with Crippen molar-refractivity contribution in [1.82, 2.24) is 0 Å². The van der Waals surface area contributed by atoms with Crippen molar-refractivity contribution in [3.63, 3.8) is 0 Å². The average Bonchev–Trinajstić information content (AvgIpc) is 2.78. The SMILES string of the molecule is NCC1CC2CC(C1)C1OC21. The van der Waals surface area contributed by atoms with Gasteiger partial charge >= 0.3 is 0 Å². The van der Waals surface area contributed by atoms with Crippen LogP contribution in [0.4, 0.5) is 0 Å². The first-order valence-electron chi connectivity index (χ1n) is 4.74. The van der Waals surface area contributed by atoms with Crippen molar-refractivity contribution in [3.05, 3.63) is 0 Å². The van der Waals surface area contributed by atoms with Crippen molar-refractivity contribution in [2.75, 3.05) is 6.54 Å². The van der Waals surface area contributed by atoms with Gasteiger partial charge in [0, 0.05) is 0 Å². The molecular weight excluding hydrogens is 138 g/mol. The molecule has 0 spiro atoms. The van der Waals surface area contributed by atoms with Crippen LogP contribution < -0.4 is 5.73 Å². The summed E-state index contributed by atoms with van der Waals surface area (Å²) in [5.41, 5.74) is 5.67. The molecule has 1 heterocycles. The van der Waals surface area contributed by atoms with Crippen LogP contribution in [0.25, 0.3) is 0 Å². The normalized spacial score (nSPS) is 59.2. The summed E-state index contributed by atoms with van der Waals surface area (Å²) in [6, 6.07) is 0. The molecule has 0 aromatic rings. The van der Waals surface area contributed by atoms with E-state index in [9.17, 15) is 0 Å². The van der Waals surface area contributed by atoms with E-state index < -0.39 is 0 Å². The van der Waals surface area contributed by atoms with E-state index in [1.807, 2.05) is 0 Å². The van der Waals surface area contributed by atoms with E-state index in [0.717, 1.165) is 24.3 Å². The standard InChI is InChI=1S/C9H15NO/c10-4-5-1-6-3-7(2-5)9-8(6)11-9/h5-9H,1-4,10H2. The van der Waals surface area contributed by atoms with Crippen molar-refractivity contribution in [1.29, 1.82) is 0 Å². The zero-order chi connectivity index (χ0) is 7.42. The van der Waals surface area contributed by atoms with Gasteiger partial charge in [0.1, 0.15) is 0 Å². The maximum atomic E-state index is 5.67. The number of nitrogens with two attached hydrogens (primary N) is 1. The summed E-state index contributed by atoms with van der Waals surface area (Å²) in [5, 5.41) is 0. The van der Waals surface area contributed by atoms with Crippen LogP contribution in [0.5, 0.6) is 0 Å². The van der Waals surface area contributed by atoms with Crippen LogP contribution in [0.15, 0.2) is 0 Å². The van der Waals surface area contributed by atoms with Gasteiger partial charge in [0.05, 0.1) is 12.2 Å². The third-order valence-electron chi connectivity index (χ3n) is 3.70. The Hall–Kier alpha value is -0.0800. The topological polar surface area (TPSA) is 38.5 Å². The minimum absolute atomic E-state index is 0.663. The number of fused-ring (bicyclic) bond motifs is 5. The molecule has 4 unspecified atom stereocenters. The lowest BCUT2D eigenvalue weighted by Gasteiger charge is -2.28. The molecule has 1 saturated heterocycles. The fourth-order valence-electron chi connectivity index (χ4n) is 3.16. The minimum Gasteiger partial charge on any atom is -0.369 e. The van der Waals surface area contributed by atoms with Crippen LogP contribution in [-0.4, -0.2) is 18.8 Å². The van der Waals surface area contributed by atoms with Gasteiger partial charge in [0.25, 0.3) is 0 Å². The molecule has 2 bridgehead atoms. The summed E-state index contributed by atoms with van der Waals surface area (Å²) in [6.07, 6.45) is 5.45. The van der Waals surface area contributed by atoms with Gasteiger partial charge in [-0.1, -0.05) is 0 Å². The Bertz CT molecular complexity index is 166. The monoisotopic (exact) mass is 153 g/mol. The molecule has 3 fully saturated rings. The zero-order valence-corrected chi connectivity index (χ0v) is 6.70. The molecule has 0 aromatic heterocycles. The number of hydrogen-bond acceptors (Lipinski definition) is 2. The van der Waals surface area contributed by atoms with Crippen LogP contribution in [0, 0.1) is 17.8 Å². The lowest BCUT2D eigenvalue weighted by Crippen LogP contribution is -2.26. The summed E-state index contributed by atoms with van der Waals surface area (Å²) in [7, 11) is 0. The second kappa shape index (κ2) is 1.99. The quantitative estimate of drug-likeness (QED) is 0.565. The van der Waals surface area contributed by atoms with E-state index >= 15 is 0 Å². The molecule has 0 radical (unpaired) electrons. The van der Waals surface area contributed by atoms with Crippen molar-refractivity contribution in [2.45, 2.75) is 31.5 Å². The molecule has 0 amide bonds. The summed E-state index contributed by atoms with van der Waals surface area (Å²) in [4.78, 5) is 0. The molecule has 1 aliphatic heterocycles. The Kier molecular flexibility index (Phi) is 1.16. The van der Waals surface area contributed by atoms with Gasteiger partial charge in [0.15, 0.2) is 0 Å². The van der Waals surface area contributed by atoms with E-state index in [2.05, 4.69) is 0 Å². The van der Waals surface area contributed by atoms with E-state index in [0.29, 0.717) is 12.2 Å². The Morgan fingerprint density at radius 1 is 1.09 bits per heavy atom. The Morgan fingerprint density at radius 2 is 1.73 bits per heavy atom. The number of hydrogen-bond donors (Lipinski definition) is 1. The van der Waals surface area contributed by atoms with Gasteiger partial charge in [-0.2, -0.15) is 0 Å². The smallest absolute Gasteiger partial charge is 0.0873 e. The van der Waals surface area contributed by atoms with Gasteiger partial charge in [0.2, 0.25) is 0 Å². The molecule has 4 atom stereocenters. The van der Waals surface area contributed by atoms with E-state index in [1.165, 1.54) is 19.3 Å². The average molecular weight is 153 g/mol. The third-order valence-corrected chi connectivity index (χ3v) is 3.70. The van der Waals surface area contributed by atoms with E-state index in [4.69, 9.17) is 10.5 Å². The predicted octanol–water partition coefficient (Wildman–Crippen LogP) is 0.759. The number of ether oxygens (including phenoxy) is 1. The molecule has 2 saturated carbocycles. The van der Waals surface area contributed by atoms with Gasteiger partial charge in [-0.3, -0.25) is 0 Å². The first kappa shape index (κ1) is 6.44. The van der Waals surface area contributed by atoms with E-state index in [-0.39, 0.29) is 0 Å². The maximum Gasteiger partial charge on any atom is 0.0873 e. The van der Waals surface area contributed by atoms with Crippen molar-refractivity contribution < 1.29 is 4.74 Å². The molecule has 2 aliphatic carbocycles. The molecule has 11 heavy (non-hydrogen) atoms.